The summed E-state index contributed by atoms with van der Waals surface area (Å²) in [7, 11) is -0.446. The number of furan rings is 1. The smallest absolute Gasteiger partial charge is 0.228 e. The van der Waals surface area contributed by atoms with Crippen molar-refractivity contribution in [3.63, 3.8) is 0 Å². The molecule has 1 aliphatic heterocycles. The van der Waals surface area contributed by atoms with Gasteiger partial charge in [0.15, 0.2) is 5.76 Å². The lowest BCUT2D eigenvalue weighted by atomic mass is 10.1. The first-order valence-electron chi connectivity index (χ1n) is 7.17. The van der Waals surface area contributed by atoms with Crippen molar-refractivity contribution in [2.45, 2.75) is 6.04 Å². The van der Waals surface area contributed by atoms with Crippen LogP contribution in [0.3, 0.4) is 0 Å². The highest BCUT2D eigenvalue weighted by atomic mass is 32.2. The van der Waals surface area contributed by atoms with Crippen molar-refractivity contribution in [1.82, 2.24) is 9.84 Å². The summed E-state index contributed by atoms with van der Waals surface area (Å²) >= 11 is 0. The zero-order valence-corrected chi connectivity index (χ0v) is 14.3. The molecule has 24 heavy (non-hydrogen) atoms. The second-order valence-electron chi connectivity index (χ2n) is 5.28. The fraction of sp³-hybridized carbons (Fsp3) is 0.250. The van der Waals surface area contributed by atoms with E-state index >= 15 is 0 Å². The molecule has 8 heteroatoms. The average Bonchev–Trinajstić information content (AvgIpc) is 3.22. The van der Waals surface area contributed by atoms with Gasteiger partial charge in [0.25, 0.3) is 0 Å². The molecule has 1 aliphatic rings. The molecule has 1 aromatic carbocycles. The van der Waals surface area contributed by atoms with Crippen LogP contribution >= 0.6 is 0 Å². The lowest BCUT2D eigenvalue weighted by Crippen LogP contribution is -2.38. The fourth-order valence-electron chi connectivity index (χ4n) is 2.60. The number of methoxy groups -OCH3 is 2. The fourth-order valence-corrected chi connectivity index (χ4v) is 3.45. The minimum atomic E-state index is -3.54. The zero-order chi connectivity index (χ0) is 17.3. The average molecular weight is 350 g/mol. The first-order chi connectivity index (χ1) is 11.4. The van der Waals surface area contributed by atoms with Gasteiger partial charge in [-0.25, -0.2) is 8.42 Å². The summed E-state index contributed by atoms with van der Waals surface area (Å²) in [4.78, 5) is 0. The molecule has 1 aromatic heterocycles. The molecule has 7 nitrogen and oxygen atoms in total. The molecule has 0 saturated heterocycles. The Bertz CT molecular complexity index is 859. The van der Waals surface area contributed by atoms with Gasteiger partial charge in [0.2, 0.25) is 10.0 Å². The van der Waals surface area contributed by atoms with E-state index in [1.54, 1.807) is 43.5 Å². The molecule has 0 saturated carbocycles. The Morgan fingerprint density at radius 3 is 2.58 bits per heavy atom. The topological polar surface area (TPSA) is 81.0 Å². The second-order valence-corrected chi connectivity index (χ2v) is 7.14. The van der Waals surface area contributed by atoms with Crippen LogP contribution < -0.4 is 14.9 Å². The van der Waals surface area contributed by atoms with E-state index in [0.29, 0.717) is 28.5 Å². The van der Waals surface area contributed by atoms with Crippen LogP contribution in [0.25, 0.3) is 5.70 Å². The Balaban J connectivity index is 2.11. The third kappa shape index (κ3) is 2.98. The van der Waals surface area contributed by atoms with Gasteiger partial charge in [-0.15, -0.1) is 4.41 Å². The summed E-state index contributed by atoms with van der Waals surface area (Å²) in [5, 5.41) is 0. The van der Waals surface area contributed by atoms with E-state index in [2.05, 4.69) is 5.43 Å². The molecule has 0 fully saturated rings. The number of sulfonamides is 1. The van der Waals surface area contributed by atoms with Crippen molar-refractivity contribution in [2.24, 2.45) is 0 Å². The highest BCUT2D eigenvalue weighted by Gasteiger charge is 2.35. The molecule has 0 radical (unpaired) electrons. The Hall–Kier alpha value is -2.45. The van der Waals surface area contributed by atoms with Gasteiger partial charge in [-0.3, -0.25) is 0 Å². The Labute approximate surface area is 140 Å². The number of nitrogens with zero attached hydrogens (tertiary/aromatic N) is 1. The monoisotopic (exact) mass is 350 g/mol. The van der Waals surface area contributed by atoms with Crippen LogP contribution in [-0.4, -0.2) is 33.3 Å². The SMILES string of the molecule is COc1ccc(OC)c([C@@H]2C=C(c3ccco3)NN2S(C)(=O)=O)c1. The second kappa shape index (κ2) is 6.21. The number of hydrazine groups is 1. The highest BCUT2D eigenvalue weighted by Crippen LogP contribution is 2.38. The first kappa shape index (κ1) is 16.4. The molecule has 128 valence electrons. The van der Waals surface area contributed by atoms with Crippen molar-refractivity contribution < 1.29 is 22.3 Å². The van der Waals surface area contributed by atoms with Gasteiger partial charge < -0.3 is 19.3 Å². The van der Waals surface area contributed by atoms with Gasteiger partial charge in [-0.2, -0.15) is 0 Å². The summed E-state index contributed by atoms with van der Waals surface area (Å²) in [6.07, 6.45) is 4.44. The molecule has 2 aromatic rings. The lowest BCUT2D eigenvalue weighted by molar-refractivity contribution is 0.333. The maximum Gasteiger partial charge on any atom is 0.228 e. The Kier molecular flexibility index (Phi) is 4.25. The van der Waals surface area contributed by atoms with Crippen LogP contribution in [0.2, 0.25) is 0 Å². The standard InChI is InChI=1S/C16H18N2O5S/c1-21-11-6-7-15(22-2)12(9-11)14-10-13(16-5-4-8-23-16)17-18(14)24(3,19)20/h4-10,14,17H,1-3H3/t14-/m0/s1. The number of benzene rings is 1. The summed E-state index contributed by atoms with van der Waals surface area (Å²) in [5.74, 6) is 1.72. The molecule has 0 unspecified atom stereocenters. The lowest BCUT2D eigenvalue weighted by Gasteiger charge is -2.24. The highest BCUT2D eigenvalue weighted by molar-refractivity contribution is 7.88. The molecular formula is C16H18N2O5S. The van der Waals surface area contributed by atoms with Crippen LogP contribution in [0.5, 0.6) is 11.5 Å². The third-order valence-corrected chi connectivity index (χ3v) is 4.74. The summed E-state index contributed by atoms with van der Waals surface area (Å²) < 4.78 is 41.6. The molecule has 1 atom stereocenters. The van der Waals surface area contributed by atoms with Gasteiger partial charge in [0.05, 0.1) is 38.5 Å². The molecule has 2 heterocycles. The largest absolute Gasteiger partial charge is 0.497 e. The molecule has 0 aliphatic carbocycles. The summed E-state index contributed by atoms with van der Waals surface area (Å²) in [6.45, 7) is 0. The van der Waals surface area contributed by atoms with Crippen molar-refractivity contribution in [3.05, 3.63) is 54.0 Å². The molecule has 0 amide bonds. The van der Waals surface area contributed by atoms with Gasteiger partial charge in [0.1, 0.15) is 11.5 Å². The quantitative estimate of drug-likeness (QED) is 0.890. The maximum atomic E-state index is 12.2. The van der Waals surface area contributed by atoms with Crippen LogP contribution in [0, 0.1) is 0 Å². The number of hydrogen-bond donors (Lipinski definition) is 1. The predicted molar refractivity (Wildman–Crippen MR) is 88.8 cm³/mol. The van der Waals surface area contributed by atoms with Crippen molar-refractivity contribution in [1.29, 1.82) is 0 Å². The first-order valence-corrected chi connectivity index (χ1v) is 9.02. The van der Waals surface area contributed by atoms with Crippen LogP contribution in [0.4, 0.5) is 0 Å². The van der Waals surface area contributed by atoms with E-state index in [1.807, 2.05) is 0 Å². The van der Waals surface area contributed by atoms with Gasteiger partial charge in [0, 0.05) is 5.56 Å². The maximum absolute atomic E-state index is 12.2. The van der Waals surface area contributed by atoms with E-state index in [4.69, 9.17) is 13.9 Å². The minimum Gasteiger partial charge on any atom is -0.497 e. The number of nitrogens with one attached hydrogen (secondary N) is 1. The van der Waals surface area contributed by atoms with Crippen molar-refractivity contribution in [3.8, 4) is 11.5 Å². The van der Waals surface area contributed by atoms with E-state index in [0.717, 1.165) is 6.26 Å². The van der Waals surface area contributed by atoms with Gasteiger partial charge in [-0.05, 0) is 36.4 Å². The van der Waals surface area contributed by atoms with Crippen molar-refractivity contribution in [2.75, 3.05) is 20.5 Å². The van der Waals surface area contributed by atoms with Crippen LogP contribution in [0.15, 0.2) is 47.1 Å². The number of ether oxygens (including phenoxy) is 2. The minimum absolute atomic E-state index is 0.549. The van der Waals surface area contributed by atoms with Gasteiger partial charge >= 0.3 is 0 Å². The number of hydrogen-bond acceptors (Lipinski definition) is 6. The van der Waals surface area contributed by atoms with Gasteiger partial charge in [-0.1, -0.05) is 0 Å². The summed E-state index contributed by atoms with van der Waals surface area (Å²) in [6, 6.07) is 8.16. The van der Waals surface area contributed by atoms with Crippen molar-refractivity contribution >= 4 is 15.7 Å². The van der Waals surface area contributed by atoms with E-state index in [-0.39, 0.29) is 0 Å². The van der Waals surface area contributed by atoms with Crippen LogP contribution in [-0.2, 0) is 10.0 Å². The van der Waals surface area contributed by atoms with E-state index in [9.17, 15) is 8.42 Å². The van der Waals surface area contributed by atoms with E-state index < -0.39 is 16.1 Å². The Morgan fingerprint density at radius 1 is 1.21 bits per heavy atom. The molecule has 0 bridgehead atoms. The van der Waals surface area contributed by atoms with Crippen LogP contribution in [0.1, 0.15) is 17.4 Å². The molecule has 1 N–H and O–H groups in total. The summed E-state index contributed by atoms with van der Waals surface area (Å²) in [5.41, 5.74) is 4.12. The molecule has 3 rings (SSSR count). The third-order valence-electron chi connectivity index (χ3n) is 3.71. The predicted octanol–water partition coefficient (Wildman–Crippen LogP) is 2.16. The zero-order valence-electron chi connectivity index (χ0n) is 13.5. The Morgan fingerprint density at radius 2 is 2.00 bits per heavy atom. The number of rotatable bonds is 5. The molecule has 0 spiro atoms. The van der Waals surface area contributed by atoms with E-state index in [1.165, 1.54) is 17.8 Å². The normalized spacial score (nSPS) is 18.1. The molecular weight excluding hydrogens is 332 g/mol.